The molecule has 0 aromatic carbocycles. The minimum atomic E-state index is -0.129. The zero-order valence-electron chi connectivity index (χ0n) is 16.9. The molecule has 28 heavy (non-hydrogen) atoms. The van der Waals surface area contributed by atoms with Crippen molar-refractivity contribution in [1.82, 2.24) is 0 Å². The molecule has 8 rings (SSSR count). The lowest BCUT2D eigenvalue weighted by atomic mass is 9.45. The number of fused-ring (bicyclic) bond motifs is 14. The maximum atomic E-state index is 12.5. The molecule has 7 fully saturated rings. The molecule has 0 N–H and O–H groups in total. The van der Waals surface area contributed by atoms with Gasteiger partial charge in [-0.3, -0.25) is 9.59 Å². The van der Waals surface area contributed by atoms with Crippen LogP contribution in [0.4, 0.5) is 0 Å². The highest BCUT2D eigenvalue weighted by atomic mass is 16.6. The van der Waals surface area contributed by atoms with Gasteiger partial charge in [-0.05, 0) is 91.4 Å². The van der Waals surface area contributed by atoms with Crippen LogP contribution in [0, 0.1) is 64.1 Å². The summed E-state index contributed by atoms with van der Waals surface area (Å²) in [7, 11) is 0. The molecule has 8 aliphatic rings. The van der Waals surface area contributed by atoms with Gasteiger partial charge >= 0.3 is 5.97 Å². The molecule has 0 amide bonds. The molecule has 0 bridgehead atoms. The quantitative estimate of drug-likeness (QED) is 0.595. The van der Waals surface area contributed by atoms with E-state index in [0.717, 1.165) is 42.4 Å². The summed E-state index contributed by atoms with van der Waals surface area (Å²) in [6.07, 6.45) is 10.0. The van der Waals surface area contributed by atoms with E-state index >= 15 is 0 Å². The topological polar surface area (TPSA) is 43.4 Å². The summed E-state index contributed by atoms with van der Waals surface area (Å²) >= 11 is 0. The molecule has 0 aromatic rings. The highest BCUT2D eigenvalue weighted by Crippen LogP contribution is 2.83. The van der Waals surface area contributed by atoms with E-state index in [9.17, 15) is 9.59 Å². The van der Waals surface area contributed by atoms with Gasteiger partial charge in [-0.25, -0.2) is 0 Å². The van der Waals surface area contributed by atoms with E-state index in [4.69, 9.17) is 4.74 Å². The predicted octanol–water partition coefficient (Wildman–Crippen LogP) is 4.16. The molecule has 3 heteroatoms. The van der Waals surface area contributed by atoms with E-state index in [2.05, 4.69) is 19.9 Å². The largest absolute Gasteiger partial charge is 0.458 e. The first-order chi connectivity index (χ1) is 13.4. The average Bonchev–Trinajstić information content (AvgIpc) is 3.54. The molecule has 12 atom stereocenters. The number of carbonyl (C=O) groups is 2. The molecular weight excluding hydrogens is 348 g/mol. The van der Waals surface area contributed by atoms with E-state index in [1.54, 1.807) is 5.57 Å². The van der Waals surface area contributed by atoms with Gasteiger partial charge in [0.1, 0.15) is 5.60 Å². The van der Waals surface area contributed by atoms with Crippen molar-refractivity contribution in [3.05, 3.63) is 11.6 Å². The monoisotopic (exact) mass is 378 g/mol. The van der Waals surface area contributed by atoms with Crippen LogP contribution >= 0.6 is 0 Å². The molecule has 9 unspecified atom stereocenters. The van der Waals surface area contributed by atoms with Crippen LogP contribution in [0.2, 0.25) is 0 Å². The molecule has 0 radical (unpaired) electrons. The Kier molecular flexibility index (Phi) is 2.34. The van der Waals surface area contributed by atoms with Crippen LogP contribution in [-0.2, 0) is 14.3 Å². The zero-order chi connectivity index (χ0) is 18.8. The summed E-state index contributed by atoms with van der Waals surface area (Å²) in [5.41, 5.74) is 1.93. The Balaban J connectivity index is 1.26. The van der Waals surface area contributed by atoms with Crippen molar-refractivity contribution >= 4 is 11.8 Å². The van der Waals surface area contributed by atoms with Gasteiger partial charge in [0.2, 0.25) is 0 Å². The molecule has 148 valence electrons. The van der Waals surface area contributed by atoms with Crippen molar-refractivity contribution in [1.29, 1.82) is 0 Å². The molecule has 0 aromatic heterocycles. The van der Waals surface area contributed by atoms with Crippen LogP contribution in [0.3, 0.4) is 0 Å². The summed E-state index contributed by atoms with van der Waals surface area (Å²) < 4.78 is 6.25. The maximum Gasteiger partial charge on any atom is 0.306 e. The highest BCUT2D eigenvalue weighted by molar-refractivity contribution is 5.96. The molecule has 1 saturated heterocycles. The Labute approximate surface area is 166 Å². The Morgan fingerprint density at radius 1 is 0.964 bits per heavy atom. The third-order valence-electron chi connectivity index (χ3n) is 11.8. The number of ketones is 1. The third kappa shape index (κ3) is 1.39. The number of carbonyl (C=O) groups excluding carboxylic acids is 2. The van der Waals surface area contributed by atoms with Gasteiger partial charge in [0.25, 0.3) is 0 Å². The highest BCUT2D eigenvalue weighted by Gasteiger charge is 2.82. The lowest BCUT2D eigenvalue weighted by molar-refractivity contribution is -0.178. The van der Waals surface area contributed by atoms with E-state index in [1.165, 1.54) is 25.7 Å². The van der Waals surface area contributed by atoms with Gasteiger partial charge in [0, 0.05) is 23.7 Å². The van der Waals surface area contributed by atoms with E-state index < -0.39 is 0 Å². The lowest BCUT2D eigenvalue weighted by Gasteiger charge is -2.60. The second kappa shape index (κ2) is 4.18. The number of rotatable bonds is 0. The maximum absolute atomic E-state index is 12.5. The fourth-order valence-corrected chi connectivity index (χ4v) is 10.6. The summed E-state index contributed by atoms with van der Waals surface area (Å²) in [6.45, 7) is 5.06. The van der Waals surface area contributed by atoms with Gasteiger partial charge in [-0.2, -0.15) is 0 Å². The van der Waals surface area contributed by atoms with Gasteiger partial charge in [0.15, 0.2) is 5.78 Å². The van der Waals surface area contributed by atoms with Crippen molar-refractivity contribution in [2.24, 2.45) is 64.1 Å². The Morgan fingerprint density at radius 2 is 1.82 bits per heavy atom. The SMILES string of the molecule is CC12C(=CC(=O)[C@@H]3C[C@@H]31)C1CC1C1C2CCC2(C)C1C1CC1[C@@]21CCC(=O)O1. The molecule has 1 heterocycles. The Hall–Kier alpha value is -1.12. The second-order valence-electron chi connectivity index (χ2n) is 12.3. The summed E-state index contributed by atoms with van der Waals surface area (Å²) in [5.74, 6) is 6.77. The van der Waals surface area contributed by atoms with Gasteiger partial charge in [-0.1, -0.05) is 19.4 Å². The Bertz CT molecular complexity index is 903. The van der Waals surface area contributed by atoms with E-state index in [0.29, 0.717) is 35.9 Å². The van der Waals surface area contributed by atoms with Gasteiger partial charge in [0.05, 0.1) is 0 Å². The minimum absolute atomic E-state index is 0.0615. The molecular formula is C25H30O3. The third-order valence-corrected chi connectivity index (χ3v) is 11.8. The van der Waals surface area contributed by atoms with E-state index in [1.807, 2.05) is 0 Å². The molecule has 6 saturated carbocycles. The number of ether oxygens (including phenoxy) is 1. The normalized spacial score (nSPS) is 66.6. The number of allylic oxidation sites excluding steroid dienone is 1. The van der Waals surface area contributed by atoms with Crippen molar-refractivity contribution in [3.63, 3.8) is 0 Å². The molecule has 1 aliphatic heterocycles. The Morgan fingerprint density at radius 3 is 2.61 bits per heavy atom. The van der Waals surface area contributed by atoms with Crippen LogP contribution < -0.4 is 0 Å². The standard InChI is InChI=1S/C25H30O3/c1-23-5-3-15-21(22(23)14-9-18(14)25(23)6-4-20(27)28-25)12-7-11(12)17-10-19(26)13-8-16(13)24(15,17)2/h10-16,18,21-22H,3-9H2,1-2H3/t11?,12?,13-,14?,15?,16+,18?,21?,22?,23?,24?,25+/m1/s1. The van der Waals surface area contributed by atoms with Crippen molar-refractivity contribution < 1.29 is 14.3 Å². The first-order valence-corrected chi connectivity index (χ1v) is 11.9. The van der Waals surface area contributed by atoms with Gasteiger partial charge in [-0.15, -0.1) is 0 Å². The second-order valence-corrected chi connectivity index (χ2v) is 12.3. The molecule has 1 spiro atoms. The summed E-state index contributed by atoms with van der Waals surface area (Å²) in [5, 5.41) is 0. The van der Waals surface area contributed by atoms with Crippen LogP contribution in [0.15, 0.2) is 11.6 Å². The van der Waals surface area contributed by atoms with Crippen LogP contribution in [0.5, 0.6) is 0 Å². The average molecular weight is 379 g/mol. The number of hydrogen-bond acceptors (Lipinski definition) is 3. The molecule has 3 nitrogen and oxygen atoms in total. The summed E-state index contributed by atoms with van der Waals surface area (Å²) in [6, 6.07) is 0. The van der Waals surface area contributed by atoms with Crippen molar-refractivity contribution in [3.8, 4) is 0 Å². The smallest absolute Gasteiger partial charge is 0.306 e. The van der Waals surface area contributed by atoms with E-state index in [-0.39, 0.29) is 22.4 Å². The molecule has 7 aliphatic carbocycles. The van der Waals surface area contributed by atoms with Crippen LogP contribution in [0.25, 0.3) is 0 Å². The van der Waals surface area contributed by atoms with Crippen LogP contribution in [-0.4, -0.2) is 17.4 Å². The van der Waals surface area contributed by atoms with Crippen LogP contribution in [0.1, 0.15) is 58.8 Å². The van der Waals surface area contributed by atoms with Crippen molar-refractivity contribution in [2.45, 2.75) is 64.4 Å². The number of esters is 1. The summed E-state index contributed by atoms with van der Waals surface area (Å²) in [4.78, 5) is 24.7. The first kappa shape index (κ1) is 15.7. The zero-order valence-corrected chi connectivity index (χ0v) is 16.9. The fraction of sp³-hybridized carbons (Fsp3) is 0.840. The predicted molar refractivity (Wildman–Crippen MR) is 102 cm³/mol. The van der Waals surface area contributed by atoms with Crippen molar-refractivity contribution in [2.75, 3.05) is 0 Å². The fourth-order valence-electron chi connectivity index (χ4n) is 10.6. The lowest BCUT2D eigenvalue weighted by Crippen LogP contribution is -2.57. The number of hydrogen-bond donors (Lipinski definition) is 0. The minimum Gasteiger partial charge on any atom is -0.458 e. The van der Waals surface area contributed by atoms with Gasteiger partial charge < -0.3 is 4.74 Å². The first-order valence-electron chi connectivity index (χ1n) is 11.9.